The van der Waals surface area contributed by atoms with E-state index in [4.69, 9.17) is 11.6 Å². The minimum absolute atomic E-state index is 0.191. The highest BCUT2D eigenvalue weighted by atomic mass is 35.5. The number of fused-ring (bicyclic) bond motifs is 2. The Kier molecular flexibility index (Phi) is 2.89. The Hall–Kier alpha value is -2.86. The van der Waals surface area contributed by atoms with Gasteiger partial charge in [0.15, 0.2) is 0 Å². The molecule has 0 radical (unpaired) electrons. The number of rotatable bonds is 2. The summed E-state index contributed by atoms with van der Waals surface area (Å²) in [5, 5.41) is 15.3. The second-order valence-electron chi connectivity index (χ2n) is 5.24. The third-order valence-corrected chi connectivity index (χ3v) is 4.04. The summed E-state index contributed by atoms with van der Waals surface area (Å²) in [6.45, 7) is 0. The van der Waals surface area contributed by atoms with Gasteiger partial charge in [-0.15, -0.1) is 0 Å². The molecule has 0 aliphatic heterocycles. The number of pyridine rings is 1. The SMILES string of the molecule is Cn1nc2cc(Cl)ccc2c1-c1cc2nccc(C(=O)O)c2[nH]1. The third kappa shape index (κ3) is 2.07. The number of H-pyrrole nitrogens is 1. The molecular weight excluding hydrogens is 316 g/mol. The molecule has 0 aliphatic rings. The van der Waals surface area contributed by atoms with Gasteiger partial charge in [0.05, 0.1) is 33.5 Å². The summed E-state index contributed by atoms with van der Waals surface area (Å²) in [5.41, 5.74) is 3.68. The number of hydrogen-bond acceptors (Lipinski definition) is 3. The molecule has 0 atom stereocenters. The van der Waals surface area contributed by atoms with Crippen LogP contribution in [0.1, 0.15) is 10.4 Å². The van der Waals surface area contributed by atoms with Crippen molar-refractivity contribution in [2.24, 2.45) is 7.05 Å². The molecule has 0 unspecified atom stereocenters. The molecule has 7 heteroatoms. The van der Waals surface area contributed by atoms with Gasteiger partial charge in [0.1, 0.15) is 0 Å². The van der Waals surface area contributed by atoms with E-state index < -0.39 is 5.97 Å². The second-order valence-corrected chi connectivity index (χ2v) is 5.68. The van der Waals surface area contributed by atoms with Crippen LogP contribution in [0.2, 0.25) is 5.02 Å². The maximum atomic E-state index is 11.3. The average molecular weight is 327 g/mol. The molecule has 1 aromatic carbocycles. The topological polar surface area (TPSA) is 83.8 Å². The van der Waals surface area contributed by atoms with Gasteiger partial charge in [0.25, 0.3) is 0 Å². The summed E-state index contributed by atoms with van der Waals surface area (Å²) < 4.78 is 1.74. The lowest BCUT2D eigenvalue weighted by Gasteiger charge is -1.99. The van der Waals surface area contributed by atoms with Crippen LogP contribution >= 0.6 is 11.6 Å². The molecule has 114 valence electrons. The van der Waals surface area contributed by atoms with Crippen LogP contribution in [0.15, 0.2) is 36.5 Å². The molecule has 3 heterocycles. The number of hydrogen-bond donors (Lipinski definition) is 2. The van der Waals surface area contributed by atoms with Crippen LogP contribution < -0.4 is 0 Å². The van der Waals surface area contributed by atoms with Gasteiger partial charge in [-0.1, -0.05) is 11.6 Å². The van der Waals surface area contributed by atoms with Crippen molar-refractivity contribution in [2.75, 3.05) is 0 Å². The number of aromatic nitrogens is 4. The summed E-state index contributed by atoms with van der Waals surface area (Å²) in [6.07, 6.45) is 1.49. The summed E-state index contributed by atoms with van der Waals surface area (Å²) in [4.78, 5) is 18.7. The molecule has 0 aliphatic carbocycles. The first-order valence-electron chi connectivity index (χ1n) is 6.88. The van der Waals surface area contributed by atoms with E-state index in [1.54, 1.807) is 16.8 Å². The molecule has 23 heavy (non-hydrogen) atoms. The molecular formula is C16H11ClN4O2. The first-order valence-corrected chi connectivity index (χ1v) is 7.26. The van der Waals surface area contributed by atoms with E-state index in [-0.39, 0.29) is 5.56 Å². The van der Waals surface area contributed by atoms with Crippen LogP contribution in [0, 0.1) is 0 Å². The number of aromatic carboxylic acids is 1. The van der Waals surface area contributed by atoms with Crippen molar-refractivity contribution in [3.8, 4) is 11.4 Å². The first kappa shape index (κ1) is 13.8. The number of nitrogens with zero attached hydrogens (tertiary/aromatic N) is 3. The van der Waals surface area contributed by atoms with Gasteiger partial charge in [-0.25, -0.2) is 4.79 Å². The van der Waals surface area contributed by atoms with Gasteiger partial charge in [0.2, 0.25) is 0 Å². The Balaban J connectivity index is 2.01. The fourth-order valence-electron chi connectivity index (χ4n) is 2.83. The number of carbonyl (C=O) groups is 1. The normalized spacial score (nSPS) is 11.4. The molecule has 0 saturated carbocycles. The highest BCUT2D eigenvalue weighted by Crippen LogP contribution is 2.31. The zero-order valence-corrected chi connectivity index (χ0v) is 12.8. The van der Waals surface area contributed by atoms with E-state index >= 15 is 0 Å². The number of halogens is 1. The smallest absolute Gasteiger partial charge is 0.337 e. The summed E-state index contributed by atoms with van der Waals surface area (Å²) in [6, 6.07) is 8.80. The molecule has 4 aromatic rings. The van der Waals surface area contributed by atoms with E-state index in [1.807, 2.05) is 19.2 Å². The van der Waals surface area contributed by atoms with Crippen molar-refractivity contribution >= 4 is 39.5 Å². The van der Waals surface area contributed by atoms with Crippen LogP contribution in [0.4, 0.5) is 0 Å². The standard InChI is InChI=1S/C16H11ClN4O2/c1-21-15(9-3-2-8(17)6-11(9)20-21)13-7-12-14(19-13)10(16(22)23)4-5-18-12/h2-7,19H,1H3,(H,22,23). The Morgan fingerprint density at radius 3 is 2.87 bits per heavy atom. The maximum absolute atomic E-state index is 11.3. The Morgan fingerprint density at radius 2 is 2.09 bits per heavy atom. The highest BCUT2D eigenvalue weighted by Gasteiger charge is 2.17. The van der Waals surface area contributed by atoms with Crippen LogP contribution in [0.3, 0.4) is 0 Å². The molecule has 4 rings (SSSR count). The number of carboxylic acid groups (broad SMARTS) is 1. The van der Waals surface area contributed by atoms with Gasteiger partial charge in [-0.2, -0.15) is 5.10 Å². The zero-order valence-electron chi connectivity index (χ0n) is 12.0. The second kappa shape index (κ2) is 4.82. The Labute approximate surface area is 135 Å². The van der Waals surface area contributed by atoms with E-state index in [0.717, 1.165) is 22.3 Å². The lowest BCUT2D eigenvalue weighted by molar-refractivity contribution is 0.0699. The van der Waals surface area contributed by atoms with Crippen LogP contribution in [0.5, 0.6) is 0 Å². The van der Waals surface area contributed by atoms with Crippen molar-refractivity contribution in [2.45, 2.75) is 0 Å². The monoisotopic (exact) mass is 326 g/mol. The number of carboxylic acids is 1. The van der Waals surface area contributed by atoms with E-state index in [2.05, 4.69) is 15.1 Å². The van der Waals surface area contributed by atoms with Gasteiger partial charge in [-0.3, -0.25) is 9.67 Å². The van der Waals surface area contributed by atoms with Crippen molar-refractivity contribution in [3.05, 3.63) is 47.1 Å². The molecule has 3 aromatic heterocycles. The molecule has 6 nitrogen and oxygen atoms in total. The molecule has 2 N–H and O–H groups in total. The average Bonchev–Trinajstić information content (AvgIpc) is 3.05. The van der Waals surface area contributed by atoms with Crippen molar-refractivity contribution < 1.29 is 9.90 Å². The van der Waals surface area contributed by atoms with Crippen LogP contribution in [-0.4, -0.2) is 30.8 Å². The molecule has 0 spiro atoms. The van der Waals surface area contributed by atoms with Gasteiger partial charge < -0.3 is 10.1 Å². The predicted molar refractivity (Wildman–Crippen MR) is 87.8 cm³/mol. The fourth-order valence-corrected chi connectivity index (χ4v) is 2.99. The van der Waals surface area contributed by atoms with Crippen molar-refractivity contribution in [1.29, 1.82) is 0 Å². The van der Waals surface area contributed by atoms with Crippen LogP contribution in [0.25, 0.3) is 33.3 Å². The van der Waals surface area contributed by atoms with Crippen molar-refractivity contribution in [3.63, 3.8) is 0 Å². The number of benzene rings is 1. The lowest BCUT2D eigenvalue weighted by Crippen LogP contribution is -1.98. The number of aryl methyl sites for hydroxylation is 1. The molecule has 0 fully saturated rings. The lowest BCUT2D eigenvalue weighted by atomic mass is 10.1. The van der Waals surface area contributed by atoms with Gasteiger partial charge in [0, 0.05) is 23.7 Å². The third-order valence-electron chi connectivity index (χ3n) is 3.80. The van der Waals surface area contributed by atoms with E-state index in [9.17, 15) is 9.90 Å². The minimum atomic E-state index is -0.993. The largest absolute Gasteiger partial charge is 0.478 e. The molecule has 0 saturated heterocycles. The predicted octanol–water partition coefficient (Wildman–Crippen LogP) is 3.47. The maximum Gasteiger partial charge on any atom is 0.337 e. The minimum Gasteiger partial charge on any atom is -0.478 e. The summed E-state index contributed by atoms with van der Waals surface area (Å²) in [7, 11) is 1.83. The zero-order chi connectivity index (χ0) is 16.1. The quantitative estimate of drug-likeness (QED) is 0.590. The molecule has 0 bridgehead atoms. The Morgan fingerprint density at radius 1 is 1.26 bits per heavy atom. The van der Waals surface area contributed by atoms with Crippen molar-refractivity contribution in [1.82, 2.24) is 19.7 Å². The van der Waals surface area contributed by atoms with Crippen LogP contribution in [-0.2, 0) is 7.05 Å². The number of nitrogens with one attached hydrogen (secondary N) is 1. The first-order chi connectivity index (χ1) is 11.0. The molecule has 0 amide bonds. The van der Waals surface area contributed by atoms with E-state index in [0.29, 0.717) is 16.1 Å². The van der Waals surface area contributed by atoms with Gasteiger partial charge in [-0.05, 0) is 30.3 Å². The summed E-state index contributed by atoms with van der Waals surface area (Å²) in [5.74, 6) is -0.993. The van der Waals surface area contributed by atoms with Gasteiger partial charge >= 0.3 is 5.97 Å². The Bertz CT molecular complexity index is 1080. The highest BCUT2D eigenvalue weighted by molar-refractivity contribution is 6.31. The summed E-state index contributed by atoms with van der Waals surface area (Å²) >= 11 is 6.01. The fraction of sp³-hybridized carbons (Fsp3) is 0.0625. The van der Waals surface area contributed by atoms with E-state index in [1.165, 1.54) is 12.3 Å². The number of aromatic amines is 1.